The molecule has 2 aliphatic carbocycles. The summed E-state index contributed by atoms with van der Waals surface area (Å²) in [5.74, 6) is -1.67. The molecule has 2 aromatic carbocycles. The molecular formula is C23H24N2O5. The van der Waals surface area contributed by atoms with E-state index in [1.807, 2.05) is 36.4 Å². The summed E-state index contributed by atoms with van der Waals surface area (Å²) >= 11 is 0. The van der Waals surface area contributed by atoms with E-state index in [9.17, 15) is 14.4 Å². The van der Waals surface area contributed by atoms with Crippen LogP contribution in [0.1, 0.15) is 42.7 Å². The van der Waals surface area contributed by atoms with Crippen molar-refractivity contribution in [1.82, 2.24) is 10.6 Å². The zero-order valence-corrected chi connectivity index (χ0v) is 16.5. The summed E-state index contributed by atoms with van der Waals surface area (Å²) in [5, 5.41) is 13.9. The molecule has 1 saturated carbocycles. The molecule has 3 N–H and O–H groups in total. The first-order valence-electron chi connectivity index (χ1n) is 10.1. The number of nitrogens with one attached hydrogen (secondary N) is 2. The summed E-state index contributed by atoms with van der Waals surface area (Å²) in [6.45, 7) is -0.320. The summed E-state index contributed by atoms with van der Waals surface area (Å²) in [4.78, 5) is 35.9. The summed E-state index contributed by atoms with van der Waals surface area (Å²) in [6.07, 6.45) is 1.82. The number of ether oxygens (including phenoxy) is 1. The molecule has 2 aromatic rings. The Morgan fingerprint density at radius 1 is 0.967 bits per heavy atom. The van der Waals surface area contributed by atoms with Crippen LogP contribution in [0.3, 0.4) is 0 Å². The van der Waals surface area contributed by atoms with Gasteiger partial charge in [0, 0.05) is 5.92 Å². The van der Waals surface area contributed by atoms with E-state index in [1.54, 1.807) is 0 Å². The number of aliphatic carboxylic acids is 1. The minimum absolute atomic E-state index is 0.0662. The van der Waals surface area contributed by atoms with Gasteiger partial charge in [-0.25, -0.2) is 4.79 Å². The lowest BCUT2D eigenvalue weighted by molar-refractivity contribution is -0.139. The molecule has 7 heteroatoms. The van der Waals surface area contributed by atoms with Gasteiger partial charge in [-0.15, -0.1) is 0 Å². The van der Waals surface area contributed by atoms with E-state index in [0.717, 1.165) is 35.1 Å². The van der Waals surface area contributed by atoms with Crippen molar-refractivity contribution in [2.24, 2.45) is 0 Å². The molecule has 1 fully saturated rings. The third-order valence-corrected chi connectivity index (χ3v) is 5.98. The molecule has 0 aliphatic heterocycles. The van der Waals surface area contributed by atoms with Crippen LogP contribution in [0.25, 0.3) is 11.1 Å². The Labute approximate surface area is 174 Å². The van der Waals surface area contributed by atoms with Crippen molar-refractivity contribution in [3.63, 3.8) is 0 Å². The lowest BCUT2D eigenvalue weighted by Gasteiger charge is -2.28. The Bertz CT molecular complexity index is 936. The predicted molar refractivity (Wildman–Crippen MR) is 110 cm³/mol. The lowest BCUT2D eigenvalue weighted by Crippen LogP contribution is -2.57. The van der Waals surface area contributed by atoms with Gasteiger partial charge in [0.15, 0.2) is 0 Å². The molecule has 156 valence electrons. The van der Waals surface area contributed by atoms with Crippen molar-refractivity contribution in [2.45, 2.75) is 37.1 Å². The van der Waals surface area contributed by atoms with Crippen LogP contribution < -0.4 is 10.6 Å². The number of alkyl carbamates (subject to hydrolysis) is 1. The van der Waals surface area contributed by atoms with Crippen LogP contribution >= 0.6 is 0 Å². The fourth-order valence-electron chi connectivity index (χ4n) is 4.54. The van der Waals surface area contributed by atoms with Crippen LogP contribution in [0.4, 0.5) is 4.79 Å². The number of carbonyl (C=O) groups is 3. The quantitative estimate of drug-likeness (QED) is 0.681. The van der Waals surface area contributed by atoms with Gasteiger partial charge >= 0.3 is 12.1 Å². The molecule has 30 heavy (non-hydrogen) atoms. The molecule has 0 radical (unpaired) electrons. The second kappa shape index (κ2) is 8.18. The summed E-state index contributed by atoms with van der Waals surface area (Å²) in [6, 6.07) is 16.1. The second-order valence-corrected chi connectivity index (χ2v) is 7.82. The second-order valence-electron chi connectivity index (χ2n) is 7.82. The first-order valence-corrected chi connectivity index (χ1v) is 10.1. The van der Waals surface area contributed by atoms with Gasteiger partial charge in [0.2, 0.25) is 5.91 Å². The number of rotatable bonds is 6. The summed E-state index contributed by atoms with van der Waals surface area (Å²) in [7, 11) is 0. The van der Waals surface area contributed by atoms with Gasteiger partial charge in [-0.05, 0) is 35.1 Å². The number of amides is 2. The highest BCUT2D eigenvalue weighted by molar-refractivity contribution is 5.92. The highest BCUT2D eigenvalue weighted by atomic mass is 16.5. The molecule has 0 unspecified atom stereocenters. The molecule has 2 aliphatic rings. The predicted octanol–water partition coefficient (Wildman–Crippen LogP) is 3.04. The van der Waals surface area contributed by atoms with Crippen LogP contribution in [-0.4, -0.2) is 41.8 Å². The van der Waals surface area contributed by atoms with E-state index >= 15 is 0 Å². The van der Waals surface area contributed by atoms with Crippen LogP contribution in [-0.2, 0) is 14.3 Å². The van der Waals surface area contributed by atoms with Gasteiger partial charge < -0.3 is 20.5 Å². The van der Waals surface area contributed by atoms with E-state index < -0.39 is 30.1 Å². The molecule has 2 amide bonds. The Morgan fingerprint density at radius 3 is 2.10 bits per heavy atom. The zero-order chi connectivity index (χ0) is 21.1. The van der Waals surface area contributed by atoms with Crippen molar-refractivity contribution in [2.75, 3.05) is 13.2 Å². The molecule has 0 bridgehead atoms. The van der Waals surface area contributed by atoms with Gasteiger partial charge in [-0.2, -0.15) is 0 Å². The maximum Gasteiger partial charge on any atom is 0.408 e. The molecule has 0 atom stereocenters. The summed E-state index contributed by atoms with van der Waals surface area (Å²) in [5.41, 5.74) is 3.39. The SMILES string of the molecule is O=C(O)CNC(=O)C1(NC(=O)OCC2c3ccccc3-c3ccccc32)CCCC1. The van der Waals surface area contributed by atoms with Gasteiger partial charge in [0.25, 0.3) is 0 Å². The normalized spacial score (nSPS) is 16.4. The van der Waals surface area contributed by atoms with E-state index in [4.69, 9.17) is 9.84 Å². The summed E-state index contributed by atoms with van der Waals surface area (Å²) < 4.78 is 5.56. The first kappa shape index (κ1) is 19.9. The zero-order valence-electron chi connectivity index (χ0n) is 16.5. The van der Waals surface area contributed by atoms with Crippen molar-refractivity contribution >= 4 is 18.0 Å². The van der Waals surface area contributed by atoms with Crippen LogP contribution in [0.2, 0.25) is 0 Å². The average molecular weight is 408 g/mol. The number of hydrogen-bond donors (Lipinski definition) is 3. The number of benzene rings is 2. The molecule has 0 aromatic heterocycles. The Hall–Kier alpha value is -3.35. The molecule has 0 heterocycles. The van der Waals surface area contributed by atoms with Gasteiger partial charge in [-0.1, -0.05) is 61.4 Å². The minimum atomic E-state index is -1.13. The third-order valence-electron chi connectivity index (χ3n) is 5.98. The molecule has 7 nitrogen and oxygen atoms in total. The highest BCUT2D eigenvalue weighted by Gasteiger charge is 2.43. The number of carboxylic acids is 1. The smallest absolute Gasteiger partial charge is 0.408 e. The van der Waals surface area contributed by atoms with Crippen molar-refractivity contribution in [1.29, 1.82) is 0 Å². The molecular weight excluding hydrogens is 384 g/mol. The Balaban J connectivity index is 1.44. The average Bonchev–Trinajstić information content (AvgIpc) is 3.34. The number of carbonyl (C=O) groups excluding carboxylic acids is 2. The Kier molecular flexibility index (Phi) is 5.44. The van der Waals surface area contributed by atoms with E-state index in [2.05, 4.69) is 22.8 Å². The van der Waals surface area contributed by atoms with Crippen molar-refractivity contribution < 1.29 is 24.2 Å². The maximum absolute atomic E-state index is 12.6. The monoisotopic (exact) mass is 408 g/mol. The van der Waals surface area contributed by atoms with Gasteiger partial charge in [-0.3, -0.25) is 9.59 Å². The maximum atomic E-state index is 12.6. The van der Waals surface area contributed by atoms with Gasteiger partial charge in [0.1, 0.15) is 18.7 Å². The van der Waals surface area contributed by atoms with Crippen LogP contribution in [0.15, 0.2) is 48.5 Å². The Morgan fingerprint density at radius 2 is 1.53 bits per heavy atom. The lowest BCUT2D eigenvalue weighted by atomic mass is 9.96. The largest absolute Gasteiger partial charge is 0.480 e. The van der Waals surface area contributed by atoms with Crippen LogP contribution in [0.5, 0.6) is 0 Å². The fourth-order valence-corrected chi connectivity index (χ4v) is 4.54. The topological polar surface area (TPSA) is 105 Å². The first-order chi connectivity index (χ1) is 14.5. The molecule has 4 rings (SSSR count). The number of fused-ring (bicyclic) bond motifs is 3. The highest BCUT2D eigenvalue weighted by Crippen LogP contribution is 2.44. The number of carboxylic acid groups (broad SMARTS) is 1. The van der Waals surface area contributed by atoms with E-state index in [0.29, 0.717) is 12.8 Å². The third kappa shape index (κ3) is 3.75. The number of hydrogen-bond acceptors (Lipinski definition) is 4. The standard InChI is InChI=1S/C23H24N2O5/c26-20(27)13-24-21(28)23(11-5-6-12-23)25-22(29)30-14-19-17-9-3-1-7-15(17)16-8-2-4-10-18(16)19/h1-4,7-10,19H,5-6,11-14H2,(H,24,28)(H,25,29)(H,26,27). The van der Waals surface area contributed by atoms with E-state index in [-0.39, 0.29) is 12.5 Å². The fraction of sp³-hybridized carbons (Fsp3) is 0.348. The van der Waals surface area contributed by atoms with Gasteiger partial charge in [0.05, 0.1) is 0 Å². The molecule has 0 saturated heterocycles. The minimum Gasteiger partial charge on any atom is -0.480 e. The van der Waals surface area contributed by atoms with E-state index in [1.165, 1.54) is 0 Å². The van der Waals surface area contributed by atoms with Crippen molar-refractivity contribution in [3.05, 3.63) is 59.7 Å². The van der Waals surface area contributed by atoms with Crippen LogP contribution in [0, 0.1) is 0 Å². The van der Waals surface area contributed by atoms with Crippen molar-refractivity contribution in [3.8, 4) is 11.1 Å². The molecule has 0 spiro atoms.